The molecule has 0 aromatic heterocycles. The monoisotopic (exact) mass is 323 g/mol. The summed E-state index contributed by atoms with van der Waals surface area (Å²) in [6, 6.07) is 17.3. The first-order valence-electron chi connectivity index (χ1n) is 6.66. The van der Waals surface area contributed by atoms with Crippen molar-refractivity contribution in [3.63, 3.8) is 0 Å². The van der Waals surface area contributed by atoms with Crippen LogP contribution in [-0.2, 0) is 6.54 Å². The van der Waals surface area contributed by atoms with Crippen molar-refractivity contribution in [3.8, 4) is 0 Å². The van der Waals surface area contributed by atoms with Crippen LogP contribution in [-0.4, -0.2) is 24.3 Å². The van der Waals surface area contributed by atoms with Gasteiger partial charge in [-0.15, -0.1) is 12.4 Å². The number of halogens is 2. The highest BCUT2D eigenvalue weighted by Crippen LogP contribution is 2.11. The Hall–Kier alpha value is -1.35. The second kappa shape index (κ2) is 8.83. The molecular formula is C17H19Cl2NO. The maximum absolute atomic E-state index is 12.0. The molecule has 0 amide bonds. The molecule has 0 spiro atoms. The van der Waals surface area contributed by atoms with Crippen molar-refractivity contribution in [2.45, 2.75) is 13.0 Å². The van der Waals surface area contributed by atoms with E-state index in [1.807, 2.05) is 25.2 Å². The fourth-order valence-electron chi connectivity index (χ4n) is 2.05. The highest BCUT2D eigenvalue weighted by molar-refractivity contribution is 6.30. The van der Waals surface area contributed by atoms with Crippen LogP contribution in [0.2, 0.25) is 5.02 Å². The van der Waals surface area contributed by atoms with E-state index in [2.05, 4.69) is 17.0 Å². The molecule has 0 aliphatic rings. The average Bonchev–Trinajstić information content (AvgIpc) is 2.46. The minimum atomic E-state index is 0. The van der Waals surface area contributed by atoms with Gasteiger partial charge < -0.3 is 4.90 Å². The van der Waals surface area contributed by atoms with Gasteiger partial charge in [-0.3, -0.25) is 4.79 Å². The molecule has 2 nitrogen and oxygen atoms in total. The van der Waals surface area contributed by atoms with Crippen LogP contribution in [0.4, 0.5) is 0 Å². The minimum Gasteiger partial charge on any atom is -0.302 e. The molecule has 0 atom stereocenters. The molecule has 2 rings (SSSR count). The first-order valence-corrected chi connectivity index (χ1v) is 7.04. The van der Waals surface area contributed by atoms with Crippen LogP contribution in [0.15, 0.2) is 54.6 Å². The Balaban J connectivity index is 0.00000220. The van der Waals surface area contributed by atoms with Crippen LogP contribution >= 0.6 is 24.0 Å². The molecule has 4 heteroatoms. The number of benzene rings is 2. The van der Waals surface area contributed by atoms with Gasteiger partial charge in [-0.25, -0.2) is 0 Å². The van der Waals surface area contributed by atoms with Gasteiger partial charge in [-0.05, 0) is 36.9 Å². The first-order chi connectivity index (χ1) is 9.65. The number of rotatable bonds is 6. The van der Waals surface area contributed by atoms with E-state index in [4.69, 9.17) is 11.6 Å². The number of hydrogen-bond acceptors (Lipinski definition) is 2. The summed E-state index contributed by atoms with van der Waals surface area (Å²) < 4.78 is 0. The van der Waals surface area contributed by atoms with Crippen molar-refractivity contribution < 1.29 is 4.79 Å². The maximum atomic E-state index is 12.0. The molecule has 2 aromatic rings. The van der Waals surface area contributed by atoms with Crippen LogP contribution in [0.25, 0.3) is 0 Å². The third-order valence-electron chi connectivity index (χ3n) is 3.18. The van der Waals surface area contributed by atoms with Crippen LogP contribution in [0.5, 0.6) is 0 Å². The Labute approximate surface area is 137 Å². The lowest BCUT2D eigenvalue weighted by atomic mass is 10.1. The molecular weight excluding hydrogens is 305 g/mol. The largest absolute Gasteiger partial charge is 0.302 e. The Morgan fingerprint density at radius 2 is 1.67 bits per heavy atom. The van der Waals surface area contributed by atoms with Crippen molar-refractivity contribution in [3.05, 3.63) is 70.7 Å². The summed E-state index contributed by atoms with van der Waals surface area (Å²) in [4.78, 5) is 14.2. The van der Waals surface area contributed by atoms with E-state index in [1.54, 1.807) is 24.3 Å². The fourth-order valence-corrected chi connectivity index (χ4v) is 2.17. The molecule has 0 fully saturated rings. The van der Waals surface area contributed by atoms with Crippen molar-refractivity contribution in [1.82, 2.24) is 4.90 Å². The number of hydrogen-bond donors (Lipinski definition) is 0. The number of nitrogens with zero attached hydrogens (tertiary/aromatic N) is 1. The molecule has 0 aliphatic heterocycles. The zero-order valence-corrected chi connectivity index (χ0v) is 13.5. The highest BCUT2D eigenvalue weighted by atomic mass is 35.5. The summed E-state index contributed by atoms with van der Waals surface area (Å²) in [7, 11) is 2.03. The summed E-state index contributed by atoms with van der Waals surface area (Å²) in [6.07, 6.45) is 0.519. The second-order valence-electron chi connectivity index (χ2n) is 4.90. The van der Waals surface area contributed by atoms with Crippen molar-refractivity contribution in [1.29, 1.82) is 0 Å². The Morgan fingerprint density at radius 3 is 2.29 bits per heavy atom. The first kappa shape index (κ1) is 17.7. The van der Waals surface area contributed by atoms with Crippen LogP contribution in [0.3, 0.4) is 0 Å². The number of carbonyl (C=O) groups is 1. The standard InChI is InChI=1S/C17H18ClNO.ClH/c1-19(13-14-5-3-2-4-6-14)12-11-17(20)15-7-9-16(18)10-8-15;/h2-10H,11-13H2,1H3;1H. The average molecular weight is 324 g/mol. The van der Waals surface area contributed by atoms with Gasteiger partial charge in [-0.2, -0.15) is 0 Å². The minimum absolute atomic E-state index is 0. The molecule has 2 aromatic carbocycles. The van der Waals surface area contributed by atoms with Gasteiger partial charge in [-0.1, -0.05) is 41.9 Å². The van der Waals surface area contributed by atoms with Crippen LogP contribution in [0.1, 0.15) is 22.3 Å². The lowest BCUT2D eigenvalue weighted by molar-refractivity contribution is 0.0968. The van der Waals surface area contributed by atoms with Gasteiger partial charge >= 0.3 is 0 Å². The van der Waals surface area contributed by atoms with Gasteiger partial charge in [0.1, 0.15) is 0 Å². The topological polar surface area (TPSA) is 20.3 Å². The Kier molecular flexibility index (Phi) is 7.44. The van der Waals surface area contributed by atoms with Gasteiger partial charge in [0.25, 0.3) is 0 Å². The molecule has 0 saturated carbocycles. The van der Waals surface area contributed by atoms with E-state index < -0.39 is 0 Å². The van der Waals surface area contributed by atoms with Crippen molar-refractivity contribution in [2.75, 3.05) is 13.6 Å². The maximum Gasteiger partial charge on any atom is 0.164 e. The molecule has 0 heterocycles. The van der Waals surface area contributed by atoms with Crippen LogP contribution < -0.4 is 0 Å². The molecule has 0 radical (unpaired) electrons. The van der Waals surface area contributed by atoms with E-state index in [0.29, 0.717) is 11.4 Å². The number of Topliss-reactive ketones (excluding diaryl/α,β-unsaturated/α-hetero) is 1. The van der Waals surface area contributed by atoms with Gasteiger partial charge in [0.15, 0.2) is 5.78 Å². The van der Waals surface area contributed by atoms with Gasteiger partial charge in [0.05, 0.1) is 0 Å². The van der Waals surface area contributed by atoms with Gasteiger partial charge in [0, 0.05) is 30.1 Å². The van der Waals surface area contributed by atoms with Crippen molar-refractivity contribution in [2.24, 2.45) is 0 Å². The number of carbonyl (C=O) groups excluding carboxylic acids is 1. The zero-order valence-electron chi connectivity index (χ0n) is 12.0. The SMILES string of the molecule is CN(CCC(=O)c1ccc(Cl)cc1)Cc1ccccc1.Cl. The zero-order chi connectivity index (χ0) is 14.4. The second-order valence-corrected chi connectivity index (χ2v) is 5.34. The fraction of sp³-hybridized carbons (Fsp3) is 0.235. The summed E-state index contributed by atoms with van der Waals surface area (Å²) in [5.74, 6) is 0.154. The molecule has 21 heavy (non-hydrogen) atoms. The summed E-state index contributed by atoms with van der Waals surface area (Å²) in [6.45, 7) is 1.60. The van der Waals surface area contributed by atoms with E-state index in [0.717, 1.165) is 18.7 Å². The van der Waals surface area contributed by atoms with Gasteiger partial charge in [0.2, 0.25) is 0 Å². The van der Waals surface area contributed by atoms with E-state index >= 15 is 0 Å². The molecule has 0 saturated heterocycles. The predicted octanol–water partition coefficient (Wildman–Crippen LogP) is 4.47. The predicted molar refractivity (Wildman–Crippen MR) is 90.4 cm³/mol. The Bertz CT molecular complexity index is 555. The summed E-state index contributed by atoms with van der Waals surface area (Å²) in [5.41, 5.74) is 1.98. The van der Waals surface area contributed by atoms with E-state index in [1.165, 1.54) is 5.56 Å². The van der Waals surface area contributed by atoms with E-state index in [-0.39, 0.29) is 18.2 Å². The molecule has 0 unspecified atom stereocenters. The van der Waals surface area contributed by atoms with Crippen molar-refractivity contribution >= 4 is 29.8 Å². The van der Waals surface area contributed by atoms with E-state index in [9.17, 15) is 4.79 Å². The molecule has 0 aliphatic carbocycles. The highest BCUT2D eigenvalue weighted by Gasteiger charge is 2.07. The Morgan fingerprint density at radius 1 is 1.05 bits per heavy atom. The smallest absolute Gasteiger partial charge is 0.164 e. The van der Waals surface area contributed by atoms with Crippen LogP contribution in [0, 0.1) is 0 Å². The molecule has 0 bridgehead atoms. The third kappa shape index (κ3) is 5.88. The quantitative estimate of drug-likeness (QED) is 0.731. The molecule has 0 N–H and O–H groups in total. The number of ketones is 1. The normalized spacial score (nSPS) is 10.2. The summed E-state index contributed by atoms with van der Waals surface area (Å²) >= 11 is 5.81. The lowest BCUT2D eigenvalue weighted by Crippen LogP contribution is -2.21. The summed E-state index contributed by atoms with van der Waals surface area (Å²) in [5, 5.41) is 0.655. The molecule has 112 valence electrons. The lowest BCUT2D eigenvalue weighted by Gasteiger charge is -2.16. The third-order valence-corrected chi connectivity index (χ3v) is 3.43.